The fourth-order valence-electron chi connectivity index (χ4n) is 1.62. The quantitative estimate of drug-likeness (QED) is 0.433. The molecule has 6 heteroatoms. The van der Waals surface area contributed by atoms with Crippen molar-refractivity contribution in [1.82, 2.24) is 0 Å². The van der Waals surface area contributed by atoms with Gasteiger partial charge in [-0.05, 0) is 25.0 Å². The number of halogens is 1. The van der Waals surface area contributed by atoms with Gasteiger partial charge in [-0.1, -0.05) is 24.4 Å². The zero-order valence-corrected chi connectivity index (χ0v) is 10.8. The predicted octanol–water partition coefficient (Wildman–Crippen LogP) is 3.21. The average Bonchev–Trinajstić information content (AvgIpc) is 2.35. The van der Waals surface area contributed by atoms with Crippen molar-refractivity contribution in [2.45, 2.75) is 25.7 Å². The Kier molecular flexibility index (Phi) is 6.46. The van der Waals surface area contributed by atoms with Gasteiger partial charge >= 0.3 is 0 Å². The van der Waals surface area contributed by atoms with Crippen LogP contribution in [0.1, 0.15) is 25.7 Å². The van der Waals surface area contributed by atoms with E-state index in [1.807, 2.05) is 0 Å². The standard InChI is InChI=1S/C12H17ClN2O3/c13-10-5-6-11(12(9-10)15(17)18)14-7-3-1-2-4-8-16/h5-6,9,14,16H,1-4,7-8H2. The second-order valence-corrected chi connectivity index (χ2v) is 4.42. The third-order valence-electron chi connectivity index (χ3n) is 2.56. The van der Waals surface area contributed by atoms with E-state index in [9.17, 15) is 10.1 Å². The molecule has 0 saturated heterocycles. The number of nitrogens with one attached hydrogen (secondary N) is 1. The van der Waals surface area contributed by atoms with E-state index in [-0.39, 0.29) is 12.3 Å². The first-order valence-corrected chi connectivity index (χ1v) is 6.31. The van der Waals surface area contributed by atoms with Gasteiger partial charge in [-0.2, -0.15) is 0 Å². The Labute approximate surface area is 111 Å². The SMILES string of the molecule is O=[N+]([O-])c1cc(Cl)ccc1NCCCCCCO. The Hall–Kier alpha value is -1.33. The second kappa shape index (κ2) is 7.89. The first-order chi connectivity index (χ1) is 8.65. The summed E-state index contributed by atoms with van der Waals surface area (Å²) in [7, 11) is 0. The molecule has 0 bridgehead atoms. The summed E-state index contributed by atoms with van der Waals surface area (Å²) in [5.41, 5.74) is 0.490. The van der Waals surface area contributed by atoms with Gasteiger partial charge in [0.15, 0.2) is 0 Å². The van der Waals surface area contributed by atoms with Crippen molar-refractivity contribution >= 4 is 23.0 Å². The monoisotopic (exact) mass is 272 g/mol. The summed E-state index contributed by atoms with van der Waals surface area (Å²) >= 11 is 5.72. The van der Waals surface area contributed by atoms with E-state index in [2.05, 4.69) is 5.32 Å². The summed E-state index contributed by atoms with van der Waals surface area (Å²) in [5.74, 6) is 0. The van der Waals surface area contributed by atoms with E-state index in [0.29, 0.717) is 17.3 Å². The van der Waals surface area contributed by atoms with E-state index in [1.165, 1.54) is 6.07 Å². The van der Waals surface area contributed by atoms with Crippen LogP contribution >= 0.6 is 11.6 Å². The number of nitro benzene ring substituents is 1. The number of unbranched alkanes of at least 4 members (excludes halogenated alkanes) is 3. The maximum absolute atomic E-state index is 10.8. The molecule has 0 aliphatic heterocycles. The molecular formula is C12H17ClN2O3. The summed E-state index contributed by atoms with van der Waals surface area (Å²) in [4.78, 5) is 10.4. The van der Waals surface area contributed by atoms with Crippen molar-refractivity contribution in [3.05, 3.63) is 33.3 Å². The summed E-state index contributed by atoms with van der Waals surface area (Å²) in [5, 5.41) is 22.8. The molecule has 0 amide bonds. The molecule has 0 unspecified atom stereocenters. The van der Waals surface area contributed by atoms with Crippen LogP contribution in [-0.2, 0) is 0 Å². The molecule has 0 aromatic heterocycles. The fourth-order valence-corrected chi connectivity index (χ4v) is 1.79. The highest BCUT2D eigenvalue weighted by Crippen LogP contribution is 2.27. The summed E-state index contributed by atoms with van der Waals surface area (Å²) in [6, 6.07) is 4.59. The number of nitro groups is 1. The largest absolute Gasteiger partial charge is 0.396 e. The van der Waals surface area contributed by atoms with E-state index in [1.54, 1.807) is 12.1 Å². The van der Waals surface area contributed by atoms with Gasteiger partial charge in [0.25, 0.3) is 5.69 Å². The Bertz CT molecular complexity index is 399. The lowest BCUT2D eigenvalue weighted by Crippen LogP contribution is -2.04. The first kappa shape index (κ1) is 14.7. The van der Waals surface area contributed by atoms with Crippen LogP contribution in [0.25, 0.3) is 0 Å². The third-order valence-corrected chi connectivity index (χ3v) is 2.79. The molecule has 5 nitrogen and oxygen atoms in total. The molecule has 100 valence electrons. The van der Waals surface area contributed by atoms with Crippen molar-refractivity contribution in [1.29, 1.82) is 0 Å². The number of hydrogen-bond donors (Lipinski definition) is 2. The second-order valence-electron chi connectivity index (χ2n) is 3.98. The van der Waals surface area contributed by atoms with Gasteiger partial charge in [0.1, 0.15) is 5.69 Å². The van der Waals surface area contributed by atoms with E-state index < -0.39 is 4.92 Å². The zero-order valence-electron chi connectivity index (χ0n) is 10.1. The zero-order chi connectivity index (χ0) is 13.4. The molecular weight excluding hydrogens is 256 g/mol. The Morgan fingerprint density at radius 3 is 2.67 bits per heavy atom. The molecule has 0 heterocycles. The van der Waals surface area contributed by atoms with E-state index in [0.717, 1.165) is 25.7 Å². The van der Waals surface area contributed by atoms with Crippen LogP contribution in [0.15, 0.2) is 18.2 Å². The molecule has 1 aromatic carbocycles. The molecule has 1 rings (SSSR count). The van der Waals surface area contributed by atoms with Crippen LogP contribution in [0.3, 0.4) is 0 Å². The van der Waals surface area contributed by atoms with Crippen molar-refractivity contribution < 1.29 is 10.0 Å². The maximum atomic E-state index is 10.8. The molecule has 0 fully saturated rings. The number of aliphatic hydroxyl groups is 1. The van der Waals surface area contributed by atoms with E-state index >= 15 is 0 Å². The number of anilines is 1. The van der Waals surface area contributed by atoms with Gasteiger partial charge in [-0.3, -0.25) is 10.1 Å². The van der Waals surface area contributed by atoms with Crippen molar-refractivity contribution in [3.63, 3.8) is 0 Å². The highest BCUT2D eigenvalue weighted by Gasteiger charge is 2.13. The third kappa shape index (κ3) is 4.89. The van der Waals surface area contributed by atoms with Gasteiger partial charge < -0.3 is 10.4 Å². The molecule has 0 aliphatic carbocycles. The lowest BCUT2D eigenvalue weighted by Gasteiger charge is -2.07. The minimum atomic E-state index is -0.444. The van der Waals surface area contributed by atoms with Crippen molar-refractivity contribution in [2.75, 3.05) is 18.5 Å². The predicted molar refractivity (Wildman–Crippen MR) is 72.1 cm³/mol. The number of rotatable bonds is 8. The molecule has 0 saturated carbocycles. The van der Waals surface area contributed by atoms with Crippen LogP contribution < -0.4 is 5.32 Å². The van der Waals surface area contributed by atoms with Gasteiger partial charge in [0.2, 0.25) is 0 Å². The Morgan fingerprint density at radius 2 is 2.00 bits per heavy atom. The number of nitrogens with zero attached hydrogens (tertiary/aromatic N) is 1. The molecule has 2 N–H and O–H groups in total. The number of aliphatic hydroxyl groups excluding tert-OH is 1. The van der Waals surface area contributed by atoms with Crippen molar-refractivity contribution in [3.8, 4) is 0 Å². The summed E-state index contributed by atoms with van der Waals surface area (Å²) in [6.45, 7) is 0.893. The summed E-state index contributed by atoms with van der Waals surface area (Å²) < 4.78 is 0. The summed E-state index contributed by atoms with van der Waals surface area (Å²) in [6.07, 6.45) is 3.69. The van der Waals surface area contributed by atoms with Crippen LogP contribution in [0.4, 0.5) is 11.4 Å². The molecule has 18 heavy (non-hydrogen) atoms. The molecule has 1 aromatic rings. The lowest BCUT2D eigenvalue weighted by molar-refractivity contribution is -0.383. The molecule has 0 radical (unpaired) electrons. The lowest BCUT2D eigenvalue weighted by atomic mass is 10.2. The minimum Gasteiger partial charge on any atom is -0.396 e. The Balaban J connectivity index is 2.44. The minimum absolute atomic E-state index is 0.00198. The van der Waals surface area contributed by atoms with Crippen LogP contribution in [0, 0.1) is 10.1 Å². The fraction of sp³-hybridized carbons (Fsp3) is 0.500. The highest BCUT2D eigenvalue weighted by atomic mass is 35.5. The molecule has 0 atom stereocenters. The normalized spacial score (nSPS) is 10.3. The topological polar surface area (TPSA) is 75.4 Å². The van der Waals surface area contributed by atoms with Gasteiger partial charge in [0.05, 0.1) is 4.92 Å². The smallest absolute Gasteiger partial charge is 0.293 e. The highest BCUT2D eigenvalue weighted by molar-refractivity contribution is 6.30. The number of hydrogen-bond acceptors (Lipinski definition) is 4. The van der Waals surface area contributed by atoms with Gasteiger partial charge in [-0.15, -0.1) is 0 Å². The van der Waals surface area contributed by atoms with E-state index in [4.69, 9.17) is 16.7 Å². The Morgan fingerprint density at radius 1 is 1.28 bits per heavy atom. The first-order valence-electron chi connectivity index (χ1n) is 5.94. The van der Waals surface area contributed by atoms with Crippen LogP contribution in [-0.4, -0.2) is 23.2 Å². The molecule has 0 spiro atoms. The molecule has 0 aliphatic rings. The van der Waals surface area contributed by atoms with Crippen LogP contribution in [0.5, 0.6) is 0 Å². The van der Waals surface area contributed by atoms with Crippen molar-refractivity contribution in [2.24, 2.45) is 0 Å². The maximum Gasteiger partial charge on any atom is 0.293 e. The van der Waals surface area contributed by atoms with Crippen LogP contribution in [0.2, 0.25) is 5.02 Å². The van der Waals surface area contributed by atoms with Gasteiger partial charge in [-0.25, -0.2) is 0 Å². The average molecular weight is 273 g/mol. The van der Waals surface area contributed by atoms with Gasteiger partial charge in [0, 0.05) is 24.2 Å². The number of benzene rings is 1.